The quantitative estimate of drug-likeness (QED) is 0.786. The molecule has 0 aliphatic carbocycles. The molecule has 0 aliphatic rings. The van der Waals surface area contributed by atoms with E-state index in [4.69, 9.17) is 9.52 Å². The first-order valence-corrected chi connectivity index (χ1v) is 7.20. The number of hydrogen-bond donors (Lipinski definition) is 2. The molecule has 0 aliphatic heterocycles. The van der Waals surface area contributed by atoms with E-state index in [2.05, 4.69) is 5.32 Å². The van der Waals surface area contributed by atoms with Crippen LogP contribution in [0.2, 0.25) is 0 Å². The van der Waals surface area contributed by atoms with Crippen LogP contribution in [0.25, 0.3) is 0 Å². The first-order valence-electron chi connectivity index (χ1n) is 5.88. The molecule has 2 N–H and O–H groups in total. The van der Waals surface area contributed by atoms with Crippen LogP contribution in [0.1, 0.15) is 30.8 Å². The van der Waals surface area contributed by atoms with Gasteiger partial charge in [0.2, 0.25) is 11.7 Å². The molecule has 0 spiro atoms. The molecule has 0 fully saturated rings. The van der Waals surface area contributed by atoms with Gasteiger partial charge in [0.05, 0.1) is 10.8 Å². The average Bonchev–Trinajstić information content (AvgIpc) is 2.77. The zero-order valence-electron chi connectivity index (χ0n) is 10.8. The average molecular weight is 287 g/mol. The molecule has 7 heteroatoms. The highest BCUT2D eigenvalue weighted by Crippen LogP contribution is 2.12. The summed E-state index contributed by atoms with van der Waals surface area (Å²) in [7, 11) is -1.67. The van der Waals surface area contributed by atoms with Gasteiger partial charge in [-0.1, -0.05) is 13.8 Å². The minimum atomic E-state index is -1.67. The lowest BCUT2D eigenvalue weighted by Crippen LogP contribution is -2.29. The number of amides is 1. The minimum absolute atomic E-state index is 0.00332. The highest BCUT2D eigenvalue weighted by atomic mass is 32.2. The lowest BCUT2D eigenvalue weighted by molar-refractivity contribution is -0.118. The van der Waals surface area contributed by atoms with Crippen LogP contribution in [0.4, 0.5) is 0 Å². The van der Waals surface area contributed by atoms with E-state index in [-0.39, 0.29) is 22.5 Å². The number of hydrogen-bond acceptors (Lipinski definition) is 4. The summed E-state index contributed by atoms with van der Waals surface area (Å²) in [5.74, 6) is -1.61. The summed E-state index contributed by atoms with van der Waals surface area (Å²) < 4.78 is 16.6. The molecule has 1 atom stereocenters. The molecular weight excluding hydrogens is 270 g/mol. The molecule has 6 nitrogen and oxygen atoms in total. The van der Waals surface area contributed by atoms with Gasteiger partial charge in [-0.15, -0.1) is 0 Å². The van der Waals surface area contributed by atoms with Crippen molar-refractivity contribution in [2.24, 2.45) is 5.92 Å². The third kappa shape index (κ3) is 5.25. The Hall–Kier alpha value is -1.63. The van der Waals surface area contributed by atoms with Gasteiger partial charge in [-0.3, -0.25) is 9.00 Å². The summed E-state index contributed by atoms with van der Waals surface area (Å²) in [5.41, 5.74) is 0. The van der Waals surface area contributed by atoms with Crippen molar-refractivity contribution in [3.63, 3.8) is 0 Å². The Bertz CT molecular complexity index is 480. The van der Waals surface area contributed by atoms with Gasteiger partial charge >= 0.3 is 5.97 Å². The van der Waals surface area contributed by atoms with E-state index in [1.807, 2.05) is 13.8 Å². The van der Waals surface area contributed by atoms with Crippen LogP contribution in [0.3, 0.4) is 0 Å². The van der Waals surface area contributed by atoms with Crippen LogP contribution in [0, 0.1) is 5.92 Å². The fraction of sp³-hybridized carbons (Fsp3) is 0.500. The van der Waals surface area contributed by atoms with Crippen molar-refractivity contribution in [2.75, 3.05) is 12.3 Å². The predicted octanol–water partition coefficient (Wildman–Crippen LogP) is 1.25. The van der Waals surface area contributed by atoms with Crippen LogP contribution in [0.5, 0.6) is 0 Å². The molecule has 1 aromatic heterocycles. The van der Waals surface area contributed by atoms with E-state index >= 15 is 0 Å². The molecule has 0 aromatic carbocycles. The molecular formula is C12H17NO5S. The second kappa shape index (κ2) is 7.08. The molecule has 1 amide bonds. The summed E-state index contributed by atoms with van der Waals surface area (Å²) in [5, 5.41) is 11.3. The molecule has 0 radical (unpaired) electrons. The first kappa shape index (κ1) is 15.4. The van der Waals surface area contributed by atoms with Crippen molar-refractivity contribution in [3.05, 3.63) is 17.9 Å². The van der Waals surface area contributed by atoms with Gasteiger partial charge in [-0.2, -0.15) is 0 Å². The Kier molecular flexibility index (Phi) is 5.75. The third-order valence-electron chi connectivity index (χ3n) is 2.32. The Morgan fingerprint density at radius 3 is 2.63 bits per heavy atom. The monoisotopic (exact) mass is 287 g/mol. The number of rotatable bonds is 7. The Morgan fingerprint density at radius 1 is 1.42 bits per heavy atom. The number of carbonyl (C=O) groups excluding carboxylic acids is 1. The van der Waals surface area contributed by atoms with E-state index in [0.29, 0.717) is 12.5 Å². The van der Waals surface area contributed by atoms with E-state index in [1.165, 1.54) is 12.1 Å². The van der Waals surface area contributed by atoms with Crippen molar-refractivity contribution in [2.45, 2.75) is 25.4 Å². The second-order valence-corrected chi connectivity index (χ2v) is 5.83. The molecule has 1 rings (SSSR count). The molecule has 0 saturated heterocycles. The Labute approximate surface area is 113 Å². The van der Waals surface area contributed by atoms with Gasteiger partial charge < -0.3 is 14.8 Å². The van der Waals surface area contributed by atoms with Gasteiger partial charge in [-0.05, 0) is 24.5 Å². The molecule has 1 heterocycles. The Balaban J connectivity index is 2.45. The summed E-state index contributed by atoms with van der Waals surface area (Å²) in [4.78, 5) is 22.1. The lowest BCUT2D eigenvalue weighted by Gasteiger charge is -2.06. The molecule has 0 bridgehead atoms. The molecule has 106 valence electrons. The van der Waals surface area contributed by atoms with E-state index < -0.39 is 16.8 Å². The van der Waals surface area contributed by atoms with Crippen molar-refractivity contribution in [1.82, 2.24) is 5.32 Å². The van der Waals surface area contributed by atoms with Crippen molar-refractivity contribution in [1.29, 1.82) is 0 Å². The maximum atomic E-state index is 11.8. The van der Waals surface area contributed by atoms with Crippen LogP contribution < -0.4 is 5.32 Å². The SMILES string of the molecule is CC(C)CCNC(=O)CS(=O)c1ccc(C(=O)O)o1. The van der Waals surface area contributed by atoms with Crippen molar-refractivity contribution >= 4 is 22.7 Å². The fourth-order valence-corrected chi connectivity index (χ4v) is 2.18. The van der Waals surface area contributed by atoms with Gasteiger partial charge in [0.15, 0.2) is 5.09 Å². The number of carboxylic acids is 1. The van der Waals surface area contributed by atoms with Crippen LogP contribution >= 0.6 is 0 Å². The zero-order valence-corrected chi connectivity index (χ0v) is 11.7. The lowest BCUT2D eigenvalue weighted by atomic mass is 10.1. The zero-order chi connectivity index (χ0) is 14.4. The highest BCUT2D eigenvalue weighted by molar-refractivity contribution is 7.85. The number of furan rings is 1. The number of nitrogens with one attached hydrogen (secondary N) is 1. The van der Waals surface area contributed by atoms with Crippen molar-refractivity contribution in [3.8, 4) is 0 Å². The van der Waals surface area contributed by atoms with Crippen LogP contribution in [-0.4, -0.2) is 33.5 Å². The standard InChI is InChI=1S/C12H17NO5S/c1-8(2)5-6-13-10(14)7-19(17)11-4-3-9(18-11)12(15)16/h3-4,8H,5-7H2,1-2H3,(H,13,14)(H,15,16). The first-order chi connectivity index (χ1) is 8.90. The van der Waals surface area contributed by atoms with Crippen LogP contribution in [-0.2, 0) is 15.6 Å². The topological polar surface area (TPSA) is 96.6 Å². The van der Waals surface area contributed by atoms with Crippen LogP contribution in [0.15, 0.2) is 21.6 Å². The molecule has 1 aromatic rings. The van der Waals surface area contributed by atoms with Gasteiger partial charge in [-0.25, -0.2) is 4.79 Å². The summed E-state index contributed by atoms with van der Waals surface area (Å²) >= 11 is 0. The highest BCUT2D eigenvalue weighted by Gasteiger charge is 2.16. The number of aromatic carboxylic acids is 1. The minimum Gasteiger partial charge on any atom is -0.475 e. The Morgan fingerprint density at radius 2 is 2.11 bits per heavy atom. The fourth-order valence-electron chi connectivity index (χ4n) is 1.30. The number of carbonyl (C=O) groups is 2. The van der Waals surface area contributed by atoms with E-state index in [0.717, 1.165) is 6.42 Å². The normalized spacial score (nSPS) is 12.4. The number of carboxylic acid groups (broad SMARTS) is 1. The third-order valence-corrected chi connectivity index (χ3v) is 3.52. The summed E-state index contributed by atoms with van der Waals surface area (Å²) in [6.45, 7) is 4.62. The van der Waals surface area contributed by atoms with E-state index in [9.17, 15) is 13.8 Å². The predicted molar refractivity (Wildman–Crippen MR) is 69.4 cm³/mol. The molecule has 19 heavy (non-hydrogen) atoms. The molecule has 1 unspecified atom stereocenters. The maximum Gasteiger partial charge on any atom is 0.371 e. The van der Waals surface area contributed by atoms with Gasteiger partial charge in [0.1, 0.15) is 5.75 Å². The summed E-state index contributed by atoms with van der Waals surface area (Å²) in [6.07, 6.45) is 0.849. The summed E-state index contributed by atoms with van der Waals surface area (Å²) in [6, 6.07) is 2.52. The maximum absolute atomic E-state index is 11.8. The smallest absolute Gasteiger partial charge is 0.371 e. The largest absolute Gasteiger partial charge is 0.475 e. The second-order valence-electron chi connectivity index (χ2n) is 4.45. The van der Waals surface area contributed by atoms with Crippen molar-refractivity contribution < 1.29 is 23.3 Å². The van der Waals surface area contributed by atoms with Gasteiger partial charge in [0, 0.05) is 6.54 Å². The van der Waals surface area contributed by atoms with Gasteiger partial charge in [0.25, 0.3) is 0 Å². The molecule has 0 saturated carbocycles. The van der Waals surface area contributed by atoms with E-state index in [1.54, 1.807) is 0 Å².